The predicted octanol–water partition coefficient (Wildman–Crippen LogP) is 9.71. The highest BCUT2D eigenvalue weighted by Gasteiger charge is 2.15. The van der Waals surface area contributed by atoms with Gasteiger partial charge in [0.1, 0.15) is 5.75 Å². The van der Waals surface area contributed by atoms with Crippen molar-refractivity contribution in [3.63, 3.8) is 0 Å². The van der Waals surface area contributed by atoms with E-state index in [4.69, 9.17) is 9.72 Å². The number of aromatic nitrogens is 4. The summed E-state index contributed by atoms with van der Waals surface area (Å²) in [6.45, 7) is 0. The highest BCUT2D eigenvalue weighted by Crippen LogP contribution is 2.36. The molecule has 1 aliphatic rings. The fourth-order valence-corrected chi connectivity index (χ4v) is 6.04. The first-order chi connectivity index (χ1) is 21.2. The van der Waals surface area contributed by atoms with Crippen molar-refractivity contribution in [3.8, 4) is 39.1 Å². The third-order valence-corrected chi connectivity index (χ3v) is 8.08. The van der Waals surface area contributed by atoms with Crippen LogP contribution in [0.1, 0.15) is 11.4 Å². The maximum Gasteiger partial charge on any atom is 0.118 e. The average molecular weight is 557 g/mol. The Kier molecular flexibility index (Phi) is 5.93. The van der Waals surface area contributed by atoms with E-state index in [0.717, 1.165) is 83.6 Å². The highest BCUT2D eigenvalue weighted by atomic mass is 16.5. The molecule has 0 fully saturated rings. The molecule has 1 aliphatic heterocycles. The van der Waals surface area contributed by atoms with Gasteiger partial charge in [-0.3, -0.25) is 0 Å². The number of rotatable bonds is 4. The van der Waals surface area contributed by atoms with Crippen molar-refractivity contribution in [3.05, 3.63) is 133 Å². The second-order valence-corrected chi connectivity index (χ2v) is 10.7. The molecule has 8 rings (SSSR count). The molecule has 0 aliphatic carbocycles. The van der Waals surface area contributed by atoms with Crippen LogP contribution in [0, 0.1) is 0 Å². The SMILES string of the molecule is COc1ccc(-c2c3ccc([nH]3)c(-c3ccccc3)c3nc(c4ccc([nH]4)c(-c4ccccc4)c4ccc2[nH]4)C=C3)cc1. The summed E-state index contributed by atoms with van der Waals surface area (Å²) in [6.07, 6.45) is 4.20. The van der Waals surface area contributed by atoms with E-state index in [9.17, 15) is 0 Å². The molecule has 0 amide bonds. The van der Waals surface area contributed by atoms with Crippen LogP contribution in [0.15, 0.2) is 121 Å². The normalized spacial score (nSPS) is 11.7. The minimum absolute atomic E-state index is 0.820. The predicted molar refractivity (Wildman–Crippen MR) is 178 cm³/mol. The lowest BCUT2D eigenvalue weighted by Crippen LogP contribution is -1.86. The molecule has 0 unspecified atom stereocenters. The molecule has 5 heterocycles. The van der Waals surface area contributed by atoms with Crippen molar-refractivity contribution < 1.29 is 4.74 Å². The molecule has 0 saturated carbocycles. The lowest BCUT2D eigenvalue weighted by Gasteiger charge is -2.06. The number of nitrogens with zero attached hydrogens (tertiary/aromatic N) is 1. The Morgan fingerprint density at radius 3 is 1.37 bits per heavy atom. The summed E-state index contributed by atoms with van der Waals surface area (Å²) in [4.78, 5) is 16.4. The van der Waals surface area contributed by atoms with Crippen molar-refractivity contribution in [1.82, 2.24) is 19.9 Å². The van der Waals surface area contributed by atoms with Crippen LogP contribution in [-0.4, -0.2) is 27.0 Å². The molecule has 0 radical (unpaired) electrons. The Bertz CT molecular complexity index is 2250. The van der Waals surface area contributed by atoms with Gasteiger partial charge in [0.05, 0.1) is 24.0 Å². The summed E-state index contributed by atoms with van der Waals surface area (Å²) in [7, 11) is 1.69. The van der Waals surface area contributed by atoms with E-state index in [1.165, 1.54) is 0 Å². The Morgan fingerprint density at radius 1 is 0.419 bits per heavy atom. The molecule has 5 heteroatoms. The zero-order valence-electron chi connectivity index (χ0n) is 23.6. The molecule has 5 nitrogen and oxygen atoms in total. The number of hydrogen-bond donors (Lipinski definition) is 3. The minimum atomic E-state index is 0.820. The quantitative estimate of drug-likeness (QED) is 0.202. The van der Waals surface area contributed by atoms with Crippen LogP contribution in [-0.2, 0) is 0 Å². The number of hydrogen-bond acceptors (Lipinski definition) is 2. The van der Waals surface area contributed by atoms with Gasteiger partial charge in [0.15, 0.2) is 0 Å². The van der Waals surface area contributed by atoms with Crippen molar-refractivity contribution in [2.45, 2.75) is 0 Å². The van der Waals surface area contributed by atoms with Crippen LogP contribution in [0.25, 0.3) is 78.6 Å². The topological polar surface area (TPSA) is 69.5 Å². The van der Waals surface area contributed by atoms with Gasteiger partial charge in [-0.25, -0.2) is 4.98 Å². The summed E-state index contributed by atoms with van der Waals surface area (Å²) in [5.41, 5.74) is 14.4. The number of nitrogens with one attached hydrogen (secondary N) is 3. The number of methoxy groups -OCH3 is 1. The van der Waals surface area contributed by atoms with Crippen LogP contribution < -0.4 is 4.74 Å². The standard InChI is InChI=1S/C38H28N4O/c1-43-27-14-12-26(13-15-27)38-34-22-20-32(41-34)36(24-8-4-2-5-9-24)30-18-16-28(39-30)29-17-19-31(40-29)37(25-10-6-3-7-11-25)33-21-23-35(38)42-33/h2-23,39,41-42H,1H3. The van der Waals surface area contributed by atoms with Gasteiger partial charge >= 0.3 is 0 Å². The largest absolute Gasteiger partial charge is 0.497 e. The van der Waals surface area contributed by atoms with Crippen LogP contribution in [0.5, 0.6) is 5.75 Å². The molecule has 3 N–H and O–H groups in total. The van der Waals surface area contributed by atoms with Gasteiger partial charge in [0, 0.05) is 44.3 Å². The van der Waals surface area contributed by atoms with Gasteiger partial charge in [0.2, 0.25) is 0 Å². The Hall–Kier alpha value is -5.81. The molecule has 206 valence electrons. The highest BCUT2D eigenvalue weighted by molar-refractivity contribution is 6.00. The number of benzene rings is 3. The molecule has 8 bridgehead atoms. The van der Waals surface area contributed by atoms with Gasteiger partial charge in [-0.05, 0) is 77.4 Å². The Morgan fingerprint density at radius 2 is 0.837 bits per heavy atom. The average Bonchev–Trinajstić information content (AvgIpc) is 3.88. The first kappa shape index (κ1) is 24.9. The van der Waals surface area contributed by atoms with Crippen molar-refractivity contribution >= 4 is 45.3 Å². The summed E-state index contributed by atoms with van der Waals surface area (Å²) in [5.74, 6) is 0.820. The first-order valence-corrected chi connectivity index (χ1v) is 14.3. The molecule has 43 heavy (non-hydrogen) atoms. The van der Waals surface area contributed by atoms with E-state index in [0.29, 0.717) is 0 Å². The maximum absolute atomic E-state index is 5.47. The Labute approximate surface area is 248 Å². The number of ether oxygens (including phenoxy) is 1. The van der Waals surface area contributed by atoms with Crippen LogP contribution in [0.3, 0.4) is 0 Å². The van der Waals surface area contributed by atoms with Crippen LogP contribution in [0.4, 0.5) is 0 Å². The second kappa shape index (κ2) is 10.2. The molecule has 0 saturated heterocycles. The number of fused-ring (bicyclic) bond motifs is 9. The zero-order chi connectivity index (χ0) is 28.8. The van der Waals surface area contributed by atoms with E-state index >= 15 is 0 Å². The molecular formula is C38H28N4O. The summed E-state index contributed by atoms with van der Waals surface area (Å²) >= 11 is 0. The van der Waals surface area contributed by atoms with Gasteiger partial charge < -0.3 is 19.7 Å². The van der Waals surface area contributed by atoms with Gasteiger partial charge in [-0.2, -0.15) is 0 Å². The van der Waals surface area contributed by atoms with Crippen molar-refractivity contribution in [2.24, 2.45) is 0 Å². The van der Waals surface area contributed by atoms with Gasteiger partial charge in [-0.15, -0.1) is 0 Å². The fourth-order valence-electron chi connectivity index (χ4n) is 6.04. The lowest BCUT2D eigenvalue weighted by molar-refractivity contribution is 0.415. The third-order valence-electron chi connectivity index (χ3n) is 8.08. The molecule has 7 aromatic rings. The summed E-state index contributed by atoms with van der Waals surface area (Å²) < 4.78 is 5.47. The van der Waals surface area contributed by atoms with E-state index < -0.39 is 0 Å². The van der Waals surface area contributed by atoms with E-state index in [2.05, 4.69) is 124 Å². The van der Waals surface area contributed by atoms with Crippen LogP contribution >= 0.6 is 0 Å². The smallest absolute Gasteiger partial charge is 0.118 e. The fraction of sp³-hybridized carbons (Fsp3) is 0.0263. The number of H-pyrrole nitrogens is 3. The van der Waals surface area contributed by atoms with E-state index in [-0.39, 0.29) is 0 Å². The Balaban J connectivity index is 1.55. The van der Waals surface area contributed by atoms with Crippen LogP contribution in [0.2, 0.25) is 0 Å². The van der Waals surface area contributed by atoms with Gasteiger partial charge in [-0.1, -0.05) is 72.8 Å². The monoisotopic (exact) mass is 556 g/mol. The molecule has 4 aromatic heterocycles. The molecular weight excluding hydrogens is 528 g/mol. The second-order valence-electron chi connectivity index (χ2n) is 10.7. The minimum Gasteiger partial charge on any atom is -0.497 e. The van der Waals surface area contributed by atoms with Crippen molar-refractivity contribution in [1.29, 1.82) is 0 Å². The summed E-state index contributed by atoms with van der Waals surface area (Å²) in [5, 5.41) is 0. The lowest BCUT2D eigenvalue weighted by atomic mass is 10.0. The molecule has 3 aromatic carbocycles. The van der Waals surface area contributed by atoms with Crippen molar-refractivity contribution in [2.75, 3.05) is 7.11 Å². The van der Waals surface area contributed by atoms with E-state index in [1.807, 2.05) is 24.3 Å². The first-order valence-electron chi connectivity index (χ1n) is 14.3. The zero-order valence-corrected chi connectivity index (χ0v) is 23.6. The maximum atomic E-state index is 5.47. The van der Waals surface area contributed by atoms with Gasteiger partial charge in [0.25, 0.3) is 0 Å². The molecule has 0 atom stereocenters. The third kappa shape index (κ3) is 4.39. The summed E-state index contributed by atoms with van der Waals surface area (Å²) in [6, 6.07) is 42.1. The number of aromatic amines is 3. The van der Waals surface area contributed by atoms with E-state index in [1.54, 1.807) is 7.11 Å². The molecule has 0 spiro atoms.